The van der Waals surface area contributed by atoms with Crippen molar-refractivity contribution in [3.05, 3.63) is 35.4 Å². The SMILES string of the molecule is CCC(CSC)NC1CCCCc2ccccc21. The van der Waals surface area contributed by atoms with Crippen molar-refractivity contribution < 1.29 is 0 Å². The third-order valence-electron chi connectivity index (χ3n) is 3.92. The number of nitrogens with one attached hydrogen (secondary N) is 1. The molecule has 0 amide bonds. The zero-order valence-electron chi connectivity index (χ0n) is 11.6. The smallest absolute Gasteiger partial charge is 0.0325 e. The summed E-state index contributed by atoms with van der Waals surface area (Å²) in [7, 11) is 0. The van der Waals surface area contributed by atoms with Gasteiger partial charge >= 0.3 is 0 Å². The lowest BCUT2D eigenvalue weighted by Crippen LogP contribution is -2.34. The third-order valence-corrected chi connectivity index (χ3v) is 4.65. The van der Waals surface area contributed by atoms with Crippen LogP contribution in [0.2, 0.25) is 0 Å². The molecule has 1 aromatic carbocycles. The van der Waals surface area contributed by atoms with E-state index in [4.69, 9.17) is 0 Å². The van der Waals surface area contributed by atoms with Crippen LogP contribution in [-0.4, -0.2) is 18.1 Å². The first-order valence-electron chi connectivity index (χ1n) is 7.18. The van der Waals surface area contributed by atoms with Gasteiger partial charge in [-0.05, 0) is 43.1 Å². The summed E-state index contributed by atoms with van der Waals surface area (Å²) in [6.45, 7) is 2.29. The molecule has 0 heterocycles. The van der Waals surface area contributed by atoms with E-state index in [-0.39, 0.29) is 0 Å². The molecule has 0 spiro atoms. The van der Waals surface area contributed by atoms with Crippen molar-refractivity contribution >= 4 is 11.8 Å². The highest BCUT2D eigenvalue weighted by Crippen LogP contribution is 2.29. The summed E-state index contributed by atoms with van der Waals surface area (Å²) in [6, 6.07) is 10.2. The number of benzene rings is 1. The average molecular weight is 263 g/mol. The maximum Gasteiger partial charge on any atom is 0.0325 e. The minimum Gasteiger partial charge on any atom is -0.306 e. The van der Waals surface area contributed by atoms with Gasteiger partial charge in [-0.25, -0.2) is 0 Å². The molecule has 0 bridgehead atoms. The number of rotatable bonds is 5. The molecular weight excluding hydrogens is 238 g/mol. The fourth-order valence-electron chi connectivity index (χ4n) is 2.86. The van der Waals surface area contributed by atoms with Crippen molar-refractivity contribution in [3.8, 4) is 0 Å². The predicted molar refractivity (Wildman–Crippen MR) is 82.3 cm³/mol. The Kier molecular flexibility index (Phi) is 5.58. The topological polar surface area (TPSA) is 12.0 Å². The molecule has 0 aromatic heterocycles. The van der Waals surface area contributed by atoms with Crippen LogP contribution < -0.4 is 5.32 Å². The standard InChI is InChI=1S/C16H25NS/c1-3-14(12-18-2)17-16-11-7-5-9-13-8-4-6-10-15(13)16/h4,6,8,10,14,16-17H,3,5,7,9,11-12H2,1-2H3. The van der Waals surface area contributed by atoms with E-state index >= 15 is 0 Å². The van der Waals surface area contributed by atoms with E-state index < -0.39 is 0 Å². The largest absolute Gasteiger partial charge is 0.306 e. The molecule has 2 atom stereocenters. The van der Waals surface area contributed by atoms with E-state index in [0.29, 0.717) is 12.1 Å². The van der Waals surface area contributed by atoms with Gasteiger partial charge in [-0.3, -0.25) is 0 Å². The fourth-order valence-corrected chi connectivity index (χ4v) is 3.60. The first-order chi connectivity index (χ1) is 8.85. The Bertz CT molecular complexity index is 364. The van der Waals surface area contributed by atoms with E-state index in [1.165, 1.54) is 37.9 Å². The summed E-state index contributed by atoms with van der Waals surface area (Å²) in [5, 5.41) is 3.88. The van der Waals surface area contributed by atoms with Gasteiger partial charge < -0.3 is 5.32 Å². The molecule has 1 nitrogen and oxygen atoms in total. The molecule has 2 rings (SSSR count). The van der Waals surface area contributed by atoms with Crippen LogP contribution >= 0.6 is 11.8 Å². The summed E-state index contributed by atoms with van der Waals surface area (Å²) < 4.78 is 0. The number of hydrogen-bond acceptors (Lipinski definition) is 2. The van der Waals surface area contributed by atoms with Crippen molar-refractivity contribution in [2.24, 2.45) is 0 Å². The Morgan fingerprint density at radius 2 is 2.17 bits per heavy atom. The van der Waals surface area contributed by atoms with Gasteiger partial charge in [-0.15, -0.1) is 0 Å². The van der Waals surface area contributed by atoms with E-state index in [1.54, 1.807) is 11.1 Å². The van der Waals surface area contributed by atoms with Gasteiger partial charge in [0.2, 0.25) is 0 Å². The molecule has 0 saturated heterocycles. The molecule has 0 fully saturated rings. The molecule has 1 N–H and O–H groups in total. The summed E-state index contributed by atoms with van der Waals surface area (Å²) in [6.07, 6.45) is 8.66. The summed E-state index contributed by atoms with van der Waals surface area (Å²) >= 11 is 1.95. The highest BCUT2D eigenvalue weighted by atomic mass is 32.2. The Morgan fingerprint density at radius 1 is 1.33 bits per heavy atom. The summed E-state index contributed by atoms with van der Waals surface area (Å²) in [5.74, 6) is 1.22. The zero-order chi connectivity index (χ0) is 12.8. The number of fused-ring (bicyclic) bond motifs is 1. The second kappa shape index (κ2) is 7.20. The Balaban J connectivity index is 2.12. The van der Waals surface area contributed by atoms with Gasteiger partial charge in [-0.1, -0.05) is 37.6 Å². The van der Waals surface area contributed by atoms with Gasteiger partial charge in [-0.2, -0.15) is 11.8 Å². The van der Waals surface area contributed by atoms with Gasteiger partial charge in [0.25, 0.3) is 0 Å². The van der Waals surface area contributed by atoms with E-state index in [9.17, 15) is 0 Å². The van der Waals surface area contributed by atoms with E-state index in [2.05, 4.69) is 42.8 Å². The second-order valence-electron chi connectivity index (χ2n) is 5.22. The molecule has 1 aromatic rings. The molecule has 100 valence electrons. The number of thioether (sulfide) groups is 1. The van der Waals surface area contributed by atoms with Crippen LogP contribution in [0.3, 0.4) is 0 Å². The van der Waals surface area contributed by atoms with Crippen LogP contribution in [0.15, 0.2) is 24.3 Å². The van der Waals surface area contributed by atoms with E-state index in [1.807, 2.05) is 11.8 Å². The van der Waals surface area contributed by atoms with Crippen molar-refractivity contribution in [2.45, 2.75) is 51.1 Å². The molecule has 0 aliphatic heterocycles. The van der Waals surface area contributed by atoms with Gasteiger partial charge in [0.15, 0.2) is 0 Å². The molecule has 2 unspecified atom stereocenters. The minimum atomic E-state index is 0.570. The quantitative estimate of drug-likeness (QED) is 0.800. The minimum absolute atomic E-state index is 0.570. The molecule has 2 heteroatoms. The van der Waals surface area contributed by atoms with Crippen LogP contribution in [0.4, 0.5) is 0 Å². The van der Waals surface area contributed by atoms with Crippen molar-refractivity contribution in [1.82, 2.24) is 5.32 Å². The molecule has 0 saturated carbocycles. The van der Waals surface area contributed by atoms with Crippen LogP contribution in [0, 0.1) is 0 Å². The second-order valence-corrected chi connectivity index (χ2v) is 6.14. The monoisotopic (exact) mass is 263 g/mol. The molecule has 18 heavy (non-hydrogen) atoms. The van der Waals surface area contributed by atoms with Crippen LogP contribution in [0.1, 0.15) is 49.8 Å². The average Bonchev–Trinajstić information content (AvgIpc) is 2.61. The Labute approximate surface area is 116 Å². The molecule has 1 aliphatic carbocycles. The van der Waals surface area contributed by atoms with Crippen molar-refractivity contribution in [2.75, 3.05) is 12.0 Å². The Morgan fingerprint density at radius 3 is 2.94 bits per heavy atom. The van der Waals surface area contributed by atoms with Crippen LogP contribution in [0.25, 0.3) is 0 Å². The molecule has 0 radical (unpaired) electrons. The van der Waals surface area contributed by atoms with Crippen molar-refractivity contribution in [1.29, 1.82) is 0 Å². The number of hydrogen-bond donors (Lipinski definition) is 1. The third kappa shape index (κ3) is 3.52. The fraction of sp³-hybridized carbons (Fsp3) is 0.625. The highest BCUT2D eigenvalue weighted by molar-refractivity contribution is 7.98. The van der Waals surface area contributed by atoms with Crippen LogP contribution in [0.5, 0.6) is 0 Å². The maximum absolute atomic E-state index is 3.88. The highest BCUT2D eigenvalue weighted by Gasteiger charge is 2.20. The van der Waals surface area contributed by atoms with Gasteiger partial charge in [0.05, 0.1) is 0 Å². The van der Waals surface area contributed by atoms with Gasteiger partial charge in [0, 0.05) is 17.8 Å². The van der Waals surface area contributed by atoms with E-state index in [0.717, 1.165) is 0 Å². The summed E-state index contributed by atoms with van der Waals surface area (Å²) in [4.78, 5) is 0. The summed E-state index contributed by atoms with van der Waals surface area (Å²) in [5.41, 5.74) is 3.11. The Hall–Kier alpha value is -0.470. The molecular formula is C16H25NS. The maximum atomic E-state index is 3.88. The first-order valence-corrected chi connectivity index (χ1v) is 8.57. The predicted octanol–water partition coefficient (Wildman–Crippen LogP) is 4.19. The lowest BCUT2D eigenvalue weighted by atomic mass is 9.98. The van der Waals surface area contributed by atoms with Gasteiger partial charge in [0.1, 0.15) is 0 Å². The van der Waals surface area contributed by atoms with Crippen molar-refractivity contribution in [3.63, 3.8) is 0 Å². The normalized spacial score (nSPS) is 21.1. The lowest BCUT2D eigenvalue weighted by Gasteiger charge is -2.25. The first kappa shape index (κ1) is 14.0. The molecule has 1 aliphatic rings. The zero-order valence-corrected chi connectivity index (χ0v) is 12.4. The van der Waals surface area contributed by atoms with Crippen LogP contribution in [-0.2, 0) is 6.42 Å². The number of aryl methyl sites for hydroxylation is 1. The lowest BCUT2D eigenvalue weighted by molar-refractivity contribution is 0.426.